The van der Waals surface area contributed by atoms with Gasteiger partial charge < -0.3 is 5.73 Å². The highest BCUT2D eigenvalue weighted by Crippen LogP contribution is 2.48. The molecule has 0 fully saturated rings. The molecule has 0 spiro atoms. The number of Topliss-reactive ketones (excluding diaryl/α,β-unsaturated/α-hetero) is 1. The van der Waals surface area contributed by atoms with E-state index in [-0.39, 0.29) is 11.6 Å². The van der Waals surface area contributed by atoms with Crippen LogP contribution in [0.5, 0.6) is 0 Å². The maximum Gasteiger partial charge on any atom is 0.161 e. The molecule has 5 rings (SSSR count). The lowest BCUT2D eigenvalue weighted by Crippen LogP contribution is -2.39. The van der Waals surface area contributed by atoms with Crippen LogP contribution in [0, 0.1) is 37.9 Å². The third-order valence-corrected chi connectivity index (χ3v) is 8.86. The molecule has 198 valence electrons. The van der Waals surface area contributed by atoms with Crippen LogP contribution in [-0.4, -0.2) is 5.78 Å². The molecule has 1 heterocycles. The van der Waals surface area contributed by atoms with Gasteiger partial charge in [0, 0.05) is 33.4 Å². The molecule has 1 aliphatic heterocycles. The summed E-state index contributed by atoms with van der Waals surface area (Å²) in [6.07, 6.45) is 1.84. The molecule has 1 unspecified atom stereocenters. The molecule has 2 aliphatic rings. The van der Waals surface area contributed by atoms with Crippen LogP contribution >= 0.6 is 23.4 Å². The number of halogens is 2. The number of nitriles is 1. The van der Waals surface area contributed by atoms with Gasteiger partial charge in [-0.25, -0.2) is 4.39 Å². The van der Waals surface area contributed by atoms with Crippen LogP contribution in [0.1, 0.15) is 53.0 Å². The number of carbonyl (C=O) groups excluding carboxylic acids is 1. The molecule has 0 radical (unpaired) electrons. The van der Waals surface area contributed by atoms with E-state index in [0.29, 0.717) is 40.6 Å². The minimum absolute atomic E-state index is 0.0494. The van der Waals surface area contributed by atoms with Crippen molar-refractivity contribution in [2.24, 2.45) is 5.73 Å². The second-order valence-electron chi connectivity index (χ2n) is 10.1. The summed E-state index contributed by atoms with van der Waals surface area (Å²) < 4.78 is 13.4. The van der Waals surface area contributed by atoms with E-state index in [2.05, 4.69) is 25.1 Å². The summed E-state index contributed by atoms with van der Waals surface area (Å²) in [6.45, 7) is 6.05. The number of allylic oxidation sites excluding steroid dienone is 3. The largest absolute Gasteiger partial charge is 0.384 e. The zero-order valence-electron chi connectivity index (χ0n) is 22.1. The Morgan fingerprint density at radius 1 is 1.05 bits per heavy atom. The predicted molar refractivity (Wildman–Crippen MR) is 156 cm³/mol. The summed E-state index contributed by atoms with van der Waals surface area (Å²) in [6, 6.07) is 18.6. The summed E-state index contributed by atoms with van der Waals surface area (Å²) in [4.78, 5) is 16.4. The van der Waals surface area contributed by atoms with Gasteiger partial charge >= 0.3 is 0 Å². The molecule has 3 aromatic rings. The van der Waals surface area contributed by atoms with Gasteiger partial charge in [-0.15, -0.1) is 11.8 Å². The topological polar surface area (TPSA) is 70.1 Å². The number of rotatable bonds is 5. The first-order valence-corrected chi connectivity index (χ1v) is 14.3. The molecular formula is C32H29ClFN3OS. The first-order chi connectivity index (χ1) is 18.7. The highest BCUT2D eigenvalue weighted by Gasteiger charge is 2.41. The van der Waals surface area contributed by atoms with E-state index in [4.69, 9.17) is 17.3 Å². The van der Waals surface area contributed by atoms with Crippen LogP contribution in [0.4, 0.5) is 10.1 Å². The van der Waals surface area contributed by atoms with E-state index in [1.165, 1.54) is 12.1 Å². The van der Waals surface area contributed by atoms with Crippen LogP contribution in [0.15, 0.2) is 82.2 Å². The molecule has 0 saturated heterocycles. The summed E-state index contributed by atoms with van der Waals surface area (Å²) in [5.41, 5.74) is 14.5. The quantitative estimate of drug-likeness (QED) is 0.322. The van der Waals surface area contributed by atoms with Crippen LogP contribution in [0.2, 0.25) is 5.02 Å². The number of nitrogens with zero attached hydrogens (tertiary/aromatic N) is 2. The van der Waals surface area contributed by atoms with Gasteiger partial charge in [-0.2, -0.15) is 5.26 Å². The fourth-order valence-electron chi connectivity index (χ4n) is 5.57. The highest BCUT2D eigenvalue weighted by atomic mass is 35.5. The van der Waals surface area contributed by atoms with E-state index in [9.17, 15) is 14.4 Å². The molecule has 0 amide bonds. The van der Waals surface area contributed by atoms with Gasteiger partial charge in [0.2, 0.25) is 0 Å². The maximum atomic E-state index is 13.6. The number of hydrogen-bond donors (Lipinski definition) is 1. The van der Waals surface area contributed by atoms with Gasteiger partial charge in [-0.05, 0) is 97.8 Å². The molecule has 0 bridgehead atoms. The number of hydrogen-bond acceptors (Lipinski definition) is 5. The minimum Gasteiger partial charge on any atom is -0.384 e. The minimum atomic E-state index is -0.538. The van der Waals surface area contributed by atoms with E-state index >= 15 is 0 Å². The van der Waals surface area contributed by atoms with Gasteiger partial charge in [-0.3, -0.25) is 9.69 Å². The molecule has 0 aromatic heterocycles. The molecule has 1 atom stereocenters. The molecule has 3 aromatic carbocycles. The maximum absolute atomic E-state index is 13.6. The normalized spacial score (nSPS) is 17.4. The van der Waals surface area contributed by atoms with Crippen molar-refractivity contribution in [2.75, 3.05) is 4.90 Å². The number of anilines is 1. The van der Waals surface area contributed by atoms with Crippen molar-refractivity contribution in [3.05, 3.63) is 116 Å². The van der Waals surface area contributed by atoms with Crippen molar-refractivity contribution in [1.82, 2.24) is 0 Å². The Kier molecular flexibility index (Phi) is 7.57. The lowest BCUT2D eigenvalue weighted by atomic mass is 9.74. The molecule has 7 heteroatoms. The third kappa shape index (κ3) is 5.09. The van der Waals surface area contributed by atoms with Crippen molar-refractivity contribution in [3.63, 3.8) is 0 Å². The molecule has 0 saturated carbocycles. The average molecular weight is 558 g/mol. The van der Waals surface area contributed by atoms with Crippen LogP contribution < -0.4 is 10.6 Å². The summed E-state index contributed by atoms with van der Waals surface area (Å²) in [5, 5.41) is 11.0. The van der Waals surface area contributed by atoms with E-state index in [0.717, 1.165) is 50.5 Å². The second-order valence-corrected chi connectivity index (χ2v) is 11.6. The van der Waals surface area contributed by atoms with Gasteiger partial charge in [0.15, 0.2) is 5.78 Å². The van der Waals surface area contributed by atoms with Gasteiger partial charge in [0.1, 0.15) is 11.6 Å². The Morgan fingerprint density at radius 2 is 1.79 bits per heavy atom. The Labute approximate surface area is 238 Å². The summed E-state index contributed by atoms with van der Waals surface area (Å²) in [5.74, 6) is 0.259. The molecule has 4 nitrogen and oxygen atoms in total. The number of nitrogens with two attached hydrogens (primary N) is 1. The van der Waals surface area contributed by atoms with Crippen LogP contribution in [0.3, 0.4) is 0 Å². The van der Waals surface area contributed by atoms with E-state index in [1.807, 2.05) is 36.9 Å². The van der Waals surface area contributed by atoms with Crippen molar-refractivity contribution in [1.29, 1.82) is 5.26 Å². The van der Waals surface area contributed by atoms with E-state index < -0.39 is 5.92 Å². The lowest BCUT2D eigenvalue weighted by molar-refractivity contribution is -0.116. The first kappa shape index (κ1) is 27.1. The van der Waals surface area contributed by atoms with Crippen molar-refractivity contribution in [3.8, 4) is 6.07 Å². The molecule has 2 N–H and O–H groups in total. The van der Waals surface area contributed by atoms with Gasteiger partial charge in [0.05, 0.1) is 23.2 Å². The monoisotopic (exact) mass is 557 g/mol. The number of thioether (sulfide) groups is 1. The summed E-state index contributed by atoms with van der Waals surface area (Å²) >= 11 is 7.99. The summed E-state index contributed by atoms with van der Waals surface area (Å²) in [7, 11) is 0. The number of benzene rings is 3. The molecular weight excluding hydrogens is 529 g/mol. The average Bonchev–Trinajstić information content (AvgIpc) is 2.90. The zero-order valence-corrected chi connectivity index (χ0v) is 23.7. The number of carbonyl (C=O) groups is 1. The zero-order chi connectivity index (χ0) is 27.8. The Morgan fingerprint density at radius 3 is 2.51 bits per heavy atom. The Bertz CT molecular complexity index is 1590. The van der Waals surface area contributed by atoms with Gasteiger partial charge in [-0.1, -0.05) is 29.8 Å². The third-order valence-electron chi connectivity index (χ3n) is 7.57. The molecule has 1 aliphatic carbocycles. The Balaban J connectivity index is 1.64. The SMILES string of the molecule is Cc1cc(C)c(C2C(C#N)=C(N)N(c3cc(Cl)ccc3C)C3=C2C(=O)CCC3)cc1CSc1ccc(F)cc1. The van der Waals surface area contributed by atoms with Crippen molar-refractivity contribution in [2.45, 2.75) is 56.6 Å². The van der Waals surface area contributed by atoms with Crippen LogP contribution in [0.25, 0.3) is 0 Å². The fraction of sp³-hybridized carbons (Fsp3) is 0.250. The van der Waals surface area contributed by atoms with Crippen molar-refractivity contribution >= 4 is 34.8 Å². The standard InChI is InChI=1S/C32H29ClFN3OS/c1-18-7-8-22(33)15-28(18)37-27-5-4-6-29(38)31(27)30(26(16-35)32(37)36)25-14-21(19(2)13-20(25)3)17-39-24-11-9-23(34)10-12-24/h7-15,30H,4-6,17,36H2,1-3H3. The Hall–Kier alpha value is -3.53. The lowest BCUT2D eigenvalue weighted by Gasteiger charge is -2.40. The number of aryl methyl sites for hydroxylation is 3. The van der Waals surface area contributed by atoms with Gasteiger partial charge in [0.25, 0.3) is 0 Å². The smallest absolute Gasteiger partial charge is 0.161 e. The number of ketones is 1. The van der Waals surface area contributed by atoms with Crippen LogP contribution in [-0.2, 0) is 10.5 Å². The van der Waals surface area contributed by atoms with E-state index in [1.54, 1.807) is 23.9 Å². The highest BCUT2D eigenvalue weighted by molar-refractivity contribution is 7.98. The first-order valence-electron chi connectivity index (χ1n) is 12.9. The fourth-order valence-corrected chi connectivity index (χ4v) is 6.70. The predicted octanol–water partition coefficient (Wildman–Crippen LogP) is 8.00. The molecule has 39 heavy (non-hydrogen) atoms. The second kappa shape index (κ2) is 10.9. The van der Waals surface area contributed by atoms with Crippen molar-refractivity contribution < 1.29 is 9.18 Å².